The molecule has 3 heteroatoms. The van der Waals surface area contributed by atoms with Crippen LogP contribution < -0.4 is 0 Å². The number of halogens is 3. The highest BCUT2D eigenvalue weighted by atomic mass is 35.5. The minimum Gasteiger partial charge on any atom is -0.0830 e. The molecule has 10 heavy (non-hydrogen) atoms. The Bertz CT molecular complexity index is 143. The highest BCUT2D eigenvalue weighted by Gasteiger charge is 1.90. The maximum absolute atomic E-state index is 5.58. The second kappa shape index (κ2) is 6.09. The largest absolute Gasteiger partial charge is 0.125 e. The van der Waals surface area contributed by atoms with Gasteiger partial charge < -0.3 is 0 Å². The minimum atomic E-state index is 0.119. The summed E-state index contributed by atoms with van der Waals surface area (Å²) in [6, 6.07) is 0. The third kappa shape index (κ3) is 5.16. The molecule has 0 aliphatic carbocycles. The van der Waals surface area contributed by atoms with Crippen molar-refractivity contribution in [3.63, 3.8) is 0 Å². The molecule has 0 amide bonds. The van der Waals surface area contributed by atoms with Gasteiger partial charge in [0, 0.05) is 0 Å². The lowest BCUT2D eigenvalue weighted by molar-refractivity contribution is 0.958. The van der Waals surface area contributed by atoms with Gasteiger partial charge in [0.05, 0.1) is 5.03 Å². The Labute approximate surface area is 76.5 Å². The van der Waals surface area contributed by atoms with Crippen LogP contribution in [0, 0.1) is 0 Å². The summed E-state index contributed by atoms with van der Waals surface area (Å²) in [4.78, 5) is 0. The van der Waals surface area contributed by atoms with Crippen molar-refractivity contribution in [2.75, 3.05) is 0 Å². The number of unbranched alkanes of at least 4 members (excludes halogenated alkanes) is 1. The van der Waals surface area contributed by atoms with Crippen LogP contribution in [0.5, 0.6) is 0 Å². The first kappa shape index (κ1) is 10.3. The molecule has 0 radical (unpaired) electrons. The van der Waals surface area contributed by atoms with Gasteiger partial charge in [-0.15, -0.1) is 0 Å². The highest BCUT2D eigenvalue weighted by molar-refractivity contribution is 6.59. The van der Waals surface area contributed by atoms with E-state index in [4.69, 9.17) is 34.8 Å². The van der Waals surface area contributed by atoms with Crippen molar-refractivity contribution in [2.24, 2.45) is 0 Å². The average Bonchev–Trinajstić information content (AvgIpc) is 1.88. The third-order valence-electron chi connectivity index (χ3n) is 0.900. The molecule has 0 heterocycles. The normalized spacial score (nSPS) is 10.4. The van der Waals surface area contributed by atoms with Crippen molar-refractivity contribution in [3.05, 3.63) is 21.7 Å². The molecule has 0 nitrogen and oxygen atoms in total. The van der Waals surface area contributed by atoms with E-state index in [2.05, 4.69) is 6.92 Å². The number of rotatable bonds is 3. The maximum atomic E-state index is 5.58. The minimum absolute atomic E-state index is 0.119. The van der Waals surface area contributed by atoms with E-state index in [-0.39, 0.29) is 4.49 Å². The predicted octanol–water partition coefficient (Wildman–Crippen LogP) is 4.23. The van der Waals surface area contributed by atoms with E-state index >= 15 is 0 Å². The van der Waals surface area contributed by atoms with Crippen LogP contribution in [0.1, 0.15) is 19.8 Å². The molecule has 0 N–H and O–H groups in total. The number of hydrogen-bond donors (Lipinski definition) is 0. The number of hydrogen-bond acceptors (Lipinski definition) is 0. The Morgan fingerprint density at radius 2 is 1.90 bits per heavy atom. The molecule has 0 aliphatic heterocycles. The quantitative estimate of drug-likeness (QED) is 0.597. The van der Waals surface area contributed by atoms with Gasteiger partial charge in [-0.25, -0.2) is 0 Å². The summed E-state index contributed by atoms with van der Waals surface area (Å²) in [6.07, 6.45) is 5.74. The Hall–Kier alpha value is 0.350. The summed E-state index contributed by atoms with van der Waals surface area (Å²) in [5.41, 5.74) is 0. The fraction of sp³-hybridized carbons (Fsp3) is 0.429. The lowest BCUT2D eigenvalue weighted by Crippen LogP contribution is -1.65. The van der Waals surface area contributed by atoms with Crippen LogP contribution in [0.3, 0.4) is 0 Å². The maximum Gasteiger partial charge on any atom is 0.125 e. The molecule has 0 saturated carbocycles. The summed E-state index contributed by atoms with van der Waals surface area (Å²) < 4.78 is 0.119. The molecule has 0 atom stereocenters. The van der Waals surface area contributed by atoms with Crippen LogP contribution in [-0.2, 0) is 0 Å². The van der Waals surface area contributed by atoms with Gasteiger partial charge in [-0.05, 0) is 12.5 Å². The summed E-state index contributed by atoms with van der Waals surface area (Å²) in [6.45, 7) is 2.09. The fourth-order valence-corrected chi connectivity index (χ4v) is 0.632. The van der Waals surface area contributed by atoms with E-state index in [9.17, 15) is 0 Å². The van der Waals surface area contributed by atoms with Crippen LogP contribution in [0.15, 0.2) is 21.7 Å². The van der Waals surface area contributed by atoms with Crippen molar-refractivity contribution in [1.29, 1.82) is 0 Å². The molecule has 0 aromatic heterocycles. The Morgan fingerprint density at radius 1 is 1.30 bits per heavy atom. The van der Waals surface area contributed by atoms with Gasteiger partial charge in [-0.1, -0.05) is 54.2 Å². The van der Waals surface area contributed by atoms with Gasteiger partial charge >= 0.3 is 0 Å². The first-order valence-electron chi connectivity index (χ1n) is 3.05. The van der Waals surface area contributed by atoms with E-state index in [0.717, 1.165) is 12.8 Å². The zero-order valence-electron chi connectivity index (χ0n) is 5.70. The van der Waals surface area contributed by atoms with E-state index < -0.39 is 0 Å². The van der Waals surface area contributed by atoms with Gasteiger partial charge in [-0.2, -0.15) is 0 Å². The highest BCUT2D eigenvalue weighted by Crippen LogP contribution is 2.18. The topological polar surface area (TPSA) is 0 Å². The Kier molecular flexibility index (Phi) is 6.30. The summed E-state index contributed by atoms with van der Waals surface area (Å²) in [5.74, 6) is 0. The van der Waals surface area contributed by atoms with E-state index in [1.807, 2.05) is 6.08 Å². The molecule has 0 aliphatic rings. The Morgan fingerprint density at radius 3 is 2.30 bits per heavy atom. The SMILES string of the molecule is CCCC=CC(Cl)=C(Cl)Cl. The van der Waals surface area contributed by atoms with Gasteiger partial charge in [0.2, 0.25) is 0 Å². The fourth-order valence-electron chi connectivity index (χ4n) is 0.416. The number of allylic oxidation sites excluding steroid dienone is 3. The summed E-state index contributed by atoms with van der Waals surface area (Å²) >= 11 is 16.3. The molecular formula is C7H9Cl3. The third-order valence-corrected chi connectivity index (χ3v) is 1.82. The first-order valence-corrected chi connectivity index (χ1v) is 4.19. The van der Waals surface area contributed by atoms with Crippen molar-refractivity contribution in [3.8, 4) is 0 Å². The lowest BCUT2D eigenvalue weighted by Gasteiger charge is -1.87. The smallest absolute Gasteiger partial charge is 0.0830 e. The molecule has 0 saturated heterocycles. The second-order valence-electron chi connectivity index (χ2n) is 1.80. The molecule has 0 spiro atoms. The molecule has 0 aromatic carbocycles. The summed E-state index contributed by atoms with van der Waals surface area (Å²) in [5, 5.41) is 0.400. The molecular weight excluding hydrogens is 190 g/mol. The molecule has 0 bridgehead atoms. The Balaban J connectivity index is 3.78. The van der Waals surface area contributed by atoms with E-state index in [1.165, 1.54) is 0 Å². The van der Waals surface area contributed by atoms with Crippen molar-refractivity contribution >= 4 is 34.8 Å². The van der Waals surface area contributed by atoms with Gasteiger partial charge in [0.25, 0.3) is 0 Å². The van der Waals surface area contributed by atoms with Gasteiger partial charge in [0.1, 0.15) is 4.49 Å². The van der Waals surface area contributed by atoms with E-state index in [1.54, 1.807) is 6.08 Å². The van der Waals surface area contributed by atoms with Crippen LogP contribution >= 0.6 is 34.8 Å². The van der Waals surface area contributed by atoms with Crippen LogP contribution in [0.25, 0.3) is 0 Å². The zero-order valence-corrected chi connectivity index (χ0v) is 7.97. The molecule has 0 rings (SSSR count). The van der Waals surface area contributed by atoms with Gasteiger partial charge in [0.15, 0.2) is 0 Å². The second-order valence-corrected chi connectivity index (χ2v) is 3.16. The van der Waals surface area contributed by atoms with Crippen LogP contribution in [-0.4, -0.2) is 0 Å². The molecule has 0 aromatic rings. The first-order chi connectivity index (χ1) is 4.68. The van der Waals surface area contributed by atoms with Crippen LogP contribution in [0.4, 0.5) is 0 Å². The molecule has 0 unspecified atom stereocenters. The van der Waals surface area contributed by atoms with Crippen LogP contribution in [0.2, 0.25) is 0 Å². The lowest BCUT2D eigenvalue weighted by atomic mass is 10.3. The standard InChI is InChI=1S/C7H9Cl3/c1-2-3-4-5-6(8)7(9)10/h4-5H,2-3H2,1H3. The predicted molar refractivity (Wildman–Crippen MR) is 48.6 cm³/mol. The average molecular weight is 200 g/mol. The van der Waals surface area contributed by atoms with Crippen molar-refractivity contribution in [1.82, 2.24) is 0 Å². The zero-order chi connectivity index (χ0) is 7.98. The van der Waals surface area contributed by atoms with Crippen molar-refractivity contribution < 1.29 is 0 Å². The molecule has 0 fully saturated rings. The van der Waals surface area contributed by atoms with E-state index in [0.29, 0.717) is 5.03 Å². The monoisotopic (exact) mass is 198 g/mol. The molecule has 58 valence electrons. The summed E-state index contributed by atoms with van der Waals surface area (Å²) in [7, 11) is 0. The van der Waals surface area contributed by atoms with Crippen molar-refractivity contribution in [2.45, 2.75) is 19.8 Å². The van der Waals surface area contributed by atoms with Gasteiger partial charge in [-0.3, -0.25) is 0 Å².